The van der Waals surface area contributed by atoms with Gasteiger partial charge < -0.3 is 9.47 Å². The molecule has 0 aliphatic heterocycles. The van der Waals surface area contributed by atoms with Gasteiger partial charge in [-0.1, -0.05) is 158 Å². The first kappa shape index (κ1) is 31.6. The van der Waals surface area contributed by atoms with Crippen LogP contribution in [-0.4, -0.2) is 4.57 Å². The van der Waals surface area contributed by atoms with Crippen molar-refractivity contribution in [1.29, 1.82) is 0 Å². The van der Waals surface area contributed by atoms with Gasteiger partial charge in [-0.3, -0.25) is 0 Å². The third-order valence-electron chi connectivity index (χ3n) is 10.6. The lowest BCUT2D eigenvalue weighted by Gasteiger charge is -2.28. The van der Waals surface area contributed by atoms with Crippen LogP contribution in [-0.2, 0) is 0 Å². The van der Waals surface area contributed by atoms with E-state index < -0.39 is 0 Å². The van der Waals surface area contributed by atoms with Gasteiger partial charge >= 0.3 is 0 Å². The number of benzene rings is 9. The van der Waals surface area contributed by atoms with Crippen LogP contribution in [0.25, 0.3) is 71.6 Å². The molecule has 0 spiro atoms. The van der Waals surface area contributed by atoms with Crippen LogP contribution >= 0.6 is 0 Å². The topological polar surface area (TPSA) is 8.17 Å². The maximum atomic E-state index is 2.40. The number of para-hydroxylation sites is 3. The summed E-state index contributed by atoms with van der Waals surface area (Å²) in [5.74, 6) is 0. The van der Waals surface area contributed by atoms with Gasteiger partial charge in [-0.25, -0.2) is 0 Å². The number of fused-ring (bicyclic) bond motifs is 4. The molecule has 1 heterocycles. The van der Waals surface area contributed by atoms with Crippen molar-refractivity contribution in [1.82, 2.24) is 4.57 Å². The normalized spacial score (nSPS) is 11.3. The number of aromatic nitrogens is 1. The number of hydrogen-bond acceptors (Lipinski definition) is 1. The van der Waals surface area contributed by atoms with Crippen molar-refractivity contribution in [3.8, 4) is 39.1 Å². The Kier molecular flexibility index (Phi) is 7.85. The summed E-state index contributed by atoms with van der Waals surface area (Å²) in [6, 6.07) is 78.9. The smallest absolute Gasteiger partial charge is 0.0541 e. The highest BCUT2D eigenvalue weighted by molar-refractivity contribution is 6.09. The van der Waals surface area contributed by atoms with E-state index in [1.165, 1.54) is 54.8 Å². The minimum Gasteiger partial charge on any atom is -0.310 e. The van der Waals surface area contributed by atoms with E-state index >= 15 is 0 Å². The van der Waals surface area contributed by atoms with Crippen LogP contribution in [0.4, 0.5) is 17.1 Å². The summed E-state index contributed by atoms with van der Waals surface area (Å²) in [7, 11) is 0. The molecule has 10 aromatic rings. The number of nitrogens with zero attached hydrogens (tertiary/aromatic N) is 2. The van der Waals surface area contributed by atoms with Crippen LogP contribution in [0.1, 0.15) is 0 Å². The molecule has 10 rings (SSSR count). The second-order valence-electron chi connectivity index (χ2n) is 13.8. The van der Waals surface area contributed by atoms with Crippen molar-refractivity contribution in [2.24, 2.45) is 0 Å². The Balaban J connectivity index is 1.12. The quantitative estimate of drug-likeness (QED) is 0.162. The molecule has 0 saturated carbocycles. The zero-order chi connectivity index (χ0) is 35.8. The number of rotatable bonds is 7. The molecule has 0 aliphatic carbocycles. The van der Waals surface area contributed by atoms with Crippen LogP contribution in [0.3, 0.4) is 0 Å². The lowest BCUT2D eigenvalue weighted by Crippen LogP contribution is -2.11. The SMILES string of the molecule is c1ccc(-c2cccc(N(c3ccc(-c4ccc5ccccc5c4)cc3)c3ccccc3-c3cccc(-n4c5ccccc5c5ccccc54)c3)c2)cc1. The highest BCUT2D eigenvalue weighted by Crippen LogP contribution is 2.43. The predicted octanol–water partition coefficient (Wildman–Crippen LogP) is 14.4. The zero-order valence-electron chi connectivity index (χ0n) is 29.7. The van der Waals surface area contributed by atoms with Crippen LogP contribution in [0.5, 0.6) is 0 Å². The highest BCUT2D eigenvalue weighted by atomic mass is 15.1. The van der Waals surface area contributed by atoms with Gasteiger partial charge in [0.1, 0.15) is 0 Å². The molecule has 0 unspecified atom stereocenters. The lowest BCUT2D eigenvalue weighted by molar-refractivity contribution is 1.18. The maximum absolute atomic E-state index is 2.40. The summed E-state index contributed by atoms with van der Waals surface area (Å²) in [6.07, 6.45) is 0. The Bertz CT molecular complexity index is 2880. The van der Waals surface area contributed by atoms with E-state index in [9.17, 15) is 0 Å². The molecule has 0 saturated heterocycles. The minimum atomic E-state index is 1.09. The van der Waals surface area contributed by atoms with Gasteiger partial charge in [-0.05, 0) is 99.3 Å². The van der Waals surface area contributed by atoms with Crippen LogP contribution in [0.2, 0.25) is 0 Å². The summed E-state index contributed by atoms with van der Waals surface area (Å²) in [6.45, 7) is 0. The molecule has 2 heteroatoms. The average Bonchev–Trinajstić information content (AvgIpc) is 3.59. The lowest BCUT2D eigenvalue weighted by atomic mass is 9.99. The molecule has 0 fully saturated rings. The standard InChI is InChI=1S/C52H36N2/c1-2-14-37(15-3-1)41-18-12-20-45(35-41)53(44-32-30-39(31-33-44)42-29-28-38-16-4-5-17-40(38)34-42)50-25-9-6-22-47(50)43-19-13-21-46(36-43)54-51-26-10-7-23-48(51)49-24-8-11-27-52(49)54/h1-36H. The summed E-state index contributed by atoms with van der Waals surface area (Å²) in [4.78, 5) is 2.40. The first-order valence-electron chi connectivity index (χ1n) is 18.5. The fraction of sp³-hybridized carbons (Fsp3) is 0. The van der Waals surface area contributed by atoms with Crippen molar-refractivity contribution in [3.63, 3.8) is 0 Å². The molecule has 0 amide bonds. The fourth-order valence-electron chi connectivity index (χ4n) is 7.98. The van der Waals surface area contributed by atoms with Crippen molar-refractivity contribution in [2.75, 3.05) is 4.90 Å². The molecular formula is C52H36N2. The van der Waals surface area contributed by atoms with E-state index in [0.29, 0.717) is 0 Å². The summed E-state index contributed by atoms with van der Waals surface area (Å²) in [5.41, 5.74) is 13.9. The van der Waals surface area contributed by atoms with Gasteiger partial charge in [0.05, 0.1) is 16.7 Å². The minimum absolute atomic E-state index is 1.09. The number of anilines is 3. The van der Waals surface area contributed by atoms with Gasteiger partial charge in [0.2, 0.25) is 0 Å². The predicted molar refractivity (Wildman–Crippen MR) is 229 cm³/mol. The first-order valence-corrected chi connectivity index (χ1v) is 18.5. The number of hydrogen-bond donors (Lipinski definition) is 0. The average molecular weight is 689 g/mol. The van der Waals surface area contributed by atoms with E-state index in [1.807, 2.05) is 0 Å². The third-order valence-corrected chi connectivity index (χ3v) is 10.6. The van der Waals surface area contributed by atoms with Gasteiger partial charge in [0.25, 0.3) is 0 Å². The Morgan fingerprint density at radius 2 is 0.889 bits per heavy atom. The van der Waals surface area contributed by atoms with Crippen LogP contribution < -0.4 is 4.90 Å². The first-order chi connectivity index (χ1) is 26.8. The molecule has 0 N–H and O–H groups in total. The summed E-state index contributed by atoms with van der Waals surface area (Å²) >= 11 is 0. The molecule has 0 atom stereocenters. The monoisotopic (exact) mass is 688 g/mol. The molecule has 0 radical (unpaired) electrons. The van der Waals surface area contributed by atoms with E-state index in [1.54, 1.807) is 0 Å². The fourth-order valence-corrected chi connectivity index (χ4v) is 7.98. The zero-order valence-corrected chi connectivity index (χ0v) is 29.7. The van der Waals surface area contributed by atoms with E-state index in [-0.39, 0.29) is 0 Å². The van der Waals surface area contributed by atoms with Crippen molar-refractivity contribution in [3.05, 3.63) is 218 Å². The molecule has 254 valence electrons. The highest BCUT2D eigenvalue weighted by Gasteiger charge is 2.19. The van der Waals surface area contributed by atoms with Gasteiger partial charge in [-0.2, -0.15) is 0 Å². The summed E-state index contributed by atoms with van der Waals surface area (Å²) in [5, 5.41) is 5.02. The van der Waals surface area contributed by atoms with Crippen LogP contribution in [0, 0.1) is 0 Å². The second kappa shape index (κ2) is 13.4. The third kappa shape index (κ3) is 5.62. The second-order valence-corrected chi connectivity index (χ2v) is 13.8. The van der Waals surface area contributed by atoms with Gasteiger partial charge in [-0.15, -0.1) is 0 Å². The Morgan fingerprint density at radius 3 is 1.69 bits per heavy atom. The molecule has 0 bridgehead atoms. The summed E-state index contributed by atoms with van der Waals surface area (Å²) < 4.78 is 2.39. The van der Waals surface area contributed by atoms with Crippen molar-refractivity contribution in [2.45, 2.75) is 0 Å². The Hall–Kier alpha value is -7.16. The molecule has 0 aliphatic rings. The maximum Gasteiger partial charge on any atom is 0.0541 e. The van der Waals surface area contributed by atoms with Crippen molar-refractivity contribution < 1.29 is 0 Å². The van der Waals surface area contributed by atoms with Crippen LogP contribution in [0.15, 0.2) is 218 Å². The van der Waals surface area contributed by atoms with E-state index in [4.69, 9.17) is 0 Å². The Morgan fingerprint density at radius 1 is 0.315 bits per heavy atom. The Labute approximate surface area is 315 Å². The molecule has 9 aromatic carbocycles. The van der Waals surface area contributed by atoms with E-state index in [2.05, 4.69) is 228 Å². The van der Waals surface area contributed by atoms with E-state index in [0.717, 1.165) is 33.9 Å². The molecular weight excluding hydrogens is 653 g/mol. The largest absolute Gasteiger partial charge is 0.310 e. The van der Waals surface area contributed by atoms with Gasteiger partial charge in [0.15, 0.2) is 0 Å². The molecule has 54 heavy (non-hydrogen) atoms. The molecule has 2 nitrogen and oxygen atoms in total. The van der Waals surface area contributed by atoms with Crippen molar-refractivity contribution >= 4 is 49.6 Å². The molecule has 1 aromatic heterocycles. The van der Waals surface area contributed by atoms with Gasteiger partial charge in [0, 0.05) is 33.4 Å².